The summed E-state index contributed by atoms with van der Waals surface area (Å²) in [6, 6.07) is 28.6. The average molecular weight is 433 g/mol. The second-order valence-electron chi connectivity index (χ2n) is 7.64. The van der Waals surface area contributed by atoms with Gasteiger partial charge in [0, 0.05) is 37.3 Å². The van der Waals surface area contributed by atoms with Gasteiger partial charge >= 0.3 is 0 Å². The Labute approximate surface area is 188 Å². The highest BCUT2D eigenvalue weighted by atomic mass is 32.2. The van der Waals surface area contributed by atoms with Crippen molar-refractivity contribution in [3.8, 4) is 0 Å². The van der Waals surface area contributed by atoms with Crippen molar-refractivity contribution in [2.75, 3.05) is 38.3 Å². The predicted octanol–water partition coefficient (Wildman–Crippen LogP) is 5.02. The van der Waals surface area contributed by atoms with Crippen LogP contribution in [0.25, 0.3) is 0 Å². The zero-order valence-corrected chi connectivity index (χ0v) is 18.6. The number of para-hydroxylation sites is 1. The minimum absolute atomic E-state index is 0.108. The monoisotopic (exact) mass is 432 g/mol. The Kier molecular flexibility index (Phi) is 7.28. The molecule has 1 aliphatic heterocycles. The Balaban J connectivity index is 1.55. The van der Waals surface area contributed by atoms with Gasteiger partial charge in [0.05, 0.1) is 13.2 Å². The lowest BCUT2D eigenvalue weighted by Crippen LogP contribution is -2.37. The number of likely N-dealkylation sites (N-methyl/N-ethyl adjacent to an activating group) is 1. The zero-order chi connectivity index (χ0) is 21.5. The summed E-state index contributed by atoms with van der Waals surface area (Å²) in [4.78, 5) is 18.9. The lowest BCUT2D eigenvalue weighted by molar-refractivity contribution is -0.129. The number of thioether (sulfide) groups is 1. The summed E-state index contributed by atoms with van der Waals surface area (Å²) in [5.41, 5.74) is 3.38. The number of nitrogens with zero attached hydrogens (tertiary/aromatic N) is 2. The number of carbonyl (C=O) groups is 1. The summed E-state index contributed by atoms with van der Waals surface area (Å²) >= 11 is 1.60. The molecule has 0 aromatic heterocycles. The van der Waals surface area contributed by atoms with E-state index in [-0.39, 0.29) is 11.2 Å². The van der Waals surface area contributed by atoms with E-state index in [1.54, 1.807) is 11.8 Å². The third-order valence-electron chi connectivity index (χ3n) is 5.45. The van der Waals surface area contributed by atoms with Crippen LogP contribution in [0.2, 0.25) is 0 Å². The van der Waals surface area contributed by atoms with Crippen molar-refractivity contribution in [3.05, 3.63) is 96.1 Å². The van der Waals surface area contributed by atoms with Crippen molar-refractivity contribution < 1.29 is 9.53 Å². The Bertz CT molecular complexity index is 975. The van der Waals surface area contributed by atoms with Crippen molar-refractivity contribution in [1.29, 1.82) is 0 Å². The van der Waals surface area contributed by atoms with Gasteiger partial charge in [-0.15, -0.1) is 11.8 Å². The Morgan fingerprint density at radius 2 is 1.55 bits per heavy atom. The zero-order valence-electron chi connectivity index (χ0n) is 17.8. The van der Waals surface area contributed by atoms with Crippen LogP contribution in [0.3, 0.4) is 0 Å². The molecule has 0 aliphatic carbocycles. The summed E-state index contributed by atoms with van der Waals surface area (Å²) in [5, 5.41) is -0.288. The maximum Gasteiger partial charge on any atom is 0.240 e. The largest absolute Gasteiger partial charge is 0.378 e. The predicted molar refractivity (Wildman–Crippen MR) is 127 cm³/mol. The van der Waals surface area contributed by atoms with Crippen LogP contribution in [0, 0.1) is 0 Å². The molecule has 1 unspecified atom stereocenters. The molecule has 0 radical (unpaired) electrons. The van der Waals surface area contributed by atoms with Gasteiger partial charge < -0.3 is 14.5 Å². The van der Waals surface area contributed by atoms with Crippen LogP contribution in [-0.4, -0.2) is 44.2 Å². The van der Waals surface area contributed by atoms with E-state index in [4.69, 9.17) is 4.74 Å². The number of benzene rings is 3. The van der Waals surface area contributed by atoms with E-state index in [0.29, 0.717) is 6.54 Å². The van der Waals surface area contributed by atoms with Gasteiger partial charge in [-0.05, 0) is 29.3 Å². The van der Waals surface area contributed by atoms with Gasteiger partial charge in [-0.2, -0.15) is 0 Å². The van der Waals surface area contributed by atoms with E-state index in [0.717, 1.165) is 42.3 Å². The van der Waals surface area contributed by atoms with E-state index in [9.17, 15) is 4.79 Å². The van der Waals surface area contributed by atoms with Crippen LogP contribution in [0.4, 0.5) is 5.69 Å². The maximum absolute atomic E-state index is 13.6. The first-order valence-electron chi connectivity index (χ1n) is 10.6. The van der Waals surface area contributed by atoms with Crippen LogP contribution in [0.15, 0.2) is 89.8 Å². The second kappa shape index (κ2) is 10.5. The van der Waals surface area contributed by atoms with Gasteiger partial charge in [0.1, 0.15) is 5.25 Å². The number of morpholine rings is 1. The van der Waals surface area contributed by atoms with Crippen molar-refractivity contribution in [3.63, 3.8) is 0 Å². The first-order valence-corrected chi connectivity index (χ1v) is 11.5. The van der Waals surface area contributed by atoms with Crippen LogP contribution < -0.4 is 4.90 Å². The molecule has 0 N–H and O–H groups in total. The minimum Gasteiger partial charge on any atom is -0.378 e. The average Bonchev–Trinajstić information content (AvgIpc) is 2.84. The molecule has 4 rings (SSSR count). The highest BCUT2D eigenvalue weighted by Gasteiger charge is 2.26. The van der Waals surface area contributed by atoms with E-state index in [1.807, 2.05) is 66.5 Å². The maximum atomic E-state index is 13.6. The summed E-state index contributed by atoms with van der Waals surface area (Å²) in [6.45, 7) is 3.82. The van der Waals surface area contributed by atoms with E-state index in [1.165, 1.54) is 5.69 Å². The van der Waals surface area contributed by atoms with Crippen molar-refractivity contribution >= 4 is 23.4 Å². The van der Waals surface area contributed by atoms with Crippen molar-refractivity contribution in [1.82, 2.24) is 4.90 Å². The fraction of sp³-hybridized carbons (Fsp3) is 0.269. The molecule has 0 bridgehead atoms. The van der Waals surface area contributed by atoms with E-state index < -0.39 is 0 Å². The Morgan fingerprint density at radius 1 is 0.935 bits per heavy atom. The number of ether oxygens (including phenoxy) is 1. The molecule has 1 aliphatic rings. The SMILES string of the molecule is CN(Cc1ccccc1N1CCOCC1)C(=O)C(Sc1ccccc1)c1ccccc1. The fourth-order valence-corrected chi connectivity index (χ4v) is 4.98. The van der Waals surface area contributed by atoms with Crippen LogP contribution in [0.1, 0.15) is 16.4 Å². The minimum atomic E-state index is -0.288. The molecule has 1 saturated heterocycles. The highest BCUT2D eigenvalue weighted by molar-refractivity contribution is 8.00. The first-order chi connectivity index (χ1) is 15.2. The number of carbonyl (C=O) groups excluding carboxylic acids is 1. The summed E-state index contributed by atoms with van der Waals surface area (Å²) in [5.74, 6) is 0.108. The number of hydrogen-bond donors (Lipinski definition) is 0. The quantitative estimate of drug-likeness (QED) is 0.491. The lowest BCUT2D eigenvalue weighted by atomic mass is 10.1. The van der Waals surface area contributed by atoms with Gasteiger partial charge in [-0.1, -0.05) is 66.7 Å². The smallest absolute Gasteiger partial charge is 0.240 e. The molecule has 3 aromatic carbocycles. The molecule has 5 heteroatoms. The van der Waals surface area contributed by atoms with Gasteiger partial charge in [0.15, 0.2) is 0 Å². The third-order valence-corrected chi connectivity index (χ3v) is 6.70. The van der Waals surface area contributed by atoms with E-state index >= 15 is 0 Å². The van der Waals surface area contributed by atoms with E-state index in [2.05, 4.69) is 35.2 Å². The van der Waals surface area contributed by atoms with Crippen LogP contribution in [-0.2, 0) is 16.1 Å². The third kappa shape index (κ3) is 5.49. The molecule has 4 nitrogen and oxygen atoms in total. The van der Waals surface area contributed by atoms with Crippen molar-refractivity contribution in [2.45, 2.75) is 16.7 Å². The summed E-state index contributed by atoms with van der Waals surface area (Å²) in [7, 11) is 1.90. The Hall–Kier alpha value is -2.76. The van der Waals surface area contributed by atoms with Crippen molar-refractivity contribution in [2.24, 2.45) is 0 Å². The second-order valence-corrected chi connectivity index (χ2v) is 8.82. The lowest BCUT2D eigenvalue weighted by Gasteiger charge is -2.32. The number of amides is 1. The number of anilines is 1. The molecular weight excluding hydrogens is 404 g/mol. The molecule has 0 spiro atoms. The normalized spacial score (nSPS) is 14.8. The summed E-state index contributed by atoms with van der Waals surface area (Å²) in [6.07, 6.45) is 0. The standard InChI is InChI=1S/C26H28N2O2S/c1-27(20-22-12-8-9-15-24(22)28-16-18-30-19-17-28)26(29)25(21-10-4-2-5-11-21)31-23-13-6-3-7-14-23/h2-15,25H,16-20H2,1H3. The molecule has 1 atom stereocenters. The molecule has 1 heterocycles. The fourth-order valence-electron chi connectivity index (χ4n) is 3.81. The van der Waals surface area contributed by atoms with Gasteiger partial charge in [-0.25, -0.2) is 0 Å². The molecule has 31 heavy (non-hydrogen) atoms. The number of rotatable bonds is 7. The highest BCUT2D eigenvalue weighted by Crippen LogP contribution is 2.37. The molecule has 160 valence electrons. The van der Waals surface area contributed by atoms with Crippen LogP contribution >= 0.6 is 11.8 Å². The van der Waals surface area contributed by atoms with Gasteiger partial charge in [-0.3, -0.25) is 4.79 Å². The molecular formula is C26H28N2O2S. The number of hydrogen-bond acceptors (Lipinski definition) is 4. The molecule has 0 saturated carbocycles. The van der Waals surface area contributed by atoms with Crippen LogP contribution in [0.5, 0.6) is 0 Å². The Morgan fingerprint density at radius 3 is 2.26 bits per heavy atom. The van der Waals surface area contributed by atoms with Gasteiger partial charge in [0.25, 0.3) is 0 Å². The first kappa shape index (κ1) is 21.5. The topological polar surface area (TPSA) is 32.8 Å². The molecule has 1 amide bonds. The van der Waals surface area contributed by atoms with Gasteiger partial charge in [0.2, 0.25) is 5.91 Å². The molecule has 1 fully saturated rings. The summed E-state index contributed by atoms with van der Waals surface area (Å²) < 4.78 is 5.51. The molecule has 3 aromatic rings.